The SMILES string of the molecule is CC(O)(c1csc(Cl)c1)C(F)(F)F. The van der Waals surface area contributed by atoms with Crippen molar-refractivity contribution in [2.45, 2.75) is 18.7 Å². The molecule has 1 heterocycles. The van der Waals surface area contributed by atoms with Crippen LogP contribution < -0.4 is 0 Å². The first-order chi connectivity index (χ1) is 5.75. The van der Waals surface area contributed by atoms with E-state index in [9.17, 15) is 13.2 Å². The standard InChI is InChI=1S/C7H6ClF3OS/c1-6(12,7(9,10)11)4-2-5(8)13-3-4/h2-3,12H,1H3. The third-order valence-electron chi connectivity index (χ3n) is 1.68. The number of rotatable bonds is 1. The van der Waals surface area contributed by atoms with Crippen molar-refractivity contribution in [1.82, 2.24) is 0 Å². The lowest BCUT2D eigenvalue weighted by molar-refractivity contribution is -0.258. The van der Waals surface area contributed by atoms with Crippen molar-refractivity contribution >= 4 is 22.9 Å². The van der Waals surface area contributed by atoms with Gasteiger partial charge in [0.2, 0.25) is 0 Å². The average molecular weight is 231 g/mol. The fraction of sp³-hybridized carbons (Fsp3) is 0.429. The second-order valence-corrected chi connectivity index (χ2v) is 4.25. The predicted molar refractivity (Wildman–Crippen MR) is 45.0 cm³/mol. The zero-order chi connectivity index (χ0) is 10.3. The molecule has 0 aliphatic heterocycles. The molecule has 6 heteroatoms. The minimum absolute atomic E-state index is 0.222. The van der Waals surface area contributed by atoms with Crippen molar-refractivity contribution in [3.05, 3.63) is 21.3 Å². The van der Waals surface area contributed by atoms with Crippen LogP contribution >= 0.6 is 22.9 Å². The molecule has 0 saturated heterocycles. The van der Waals surface area contributed by atoms with E-state index in [1.165, 1.54) is 5.38 Å². The van der Waals surface area contributed by atoms with E-state index < -0.39 is 11.8 Å². The molecule has 0 aromatic carbocycles. The van der Waals surface area contributed by atoms with Gasteiger partial charge < -0.3 is 5.11 Å². The third-order valence-corrected chi connectivity index (χ3v) is 2.77. The zero-order valence-electron chi connectivity index (χ0n) is 6.52. The number of alkyl halides is 3. The number of halogens is 4. The summed E-state index contributed by atoms with van der Waals surface area (Å²) < 4.78 is 36.9. The normalized spacial score (nSPS) is 17.1. The molecule has 1 unspecified atom stereocenters. The first-order valence-electron chi connectivity index (χ1n) is 3.29. The van der Waals surface area contributed by atoms with Gasteiger partial charge in [0, 0.05) is 5.56 Å². The van der Waals surface area contributed by atoms with Gasteiger partial charge in [0.1, 0.15) is 0 Å². The highest BCUT2D eigenvalue weighted by molar-refractivity contribution is 7.14. The maximum atomic E-state index is 12.2. The van der Waals surface area contributed by atoms with Crippen LogP contribution in [0.1, 0.15) is 12.5 Å². The van der Waals surface area contributed by atoms with Crippen molar-refractivity contribution in [3.63, 3.8) is 0 Å². The molecule has 1 aromatic heterocycles. The van der Waals surface area contributed by atoms with Crippen molar-refractivity contribution in [2.24, 2.45) is 0 Å². The zero-order valence-corrected chi connectivity index (χ0v) is 8.09. The highest BCUT2D eigenvalue weighted by Crippen LogP contribution is 2.40. The number of thiophene rings is 1. The molecule has 0 amide bonds. The van der Waals surface area contributed by atoms with Crippen LogP contribution in [-0.2, 0) is 5.60 Å². The molecule has 0 aliphatic rings. The molecular weight excluding hydrogens is 225 g/mol. The van der Waals surface area contributed by atoms with Gasteiger partial charge in [-0.25, -0.2) is 0 Å². The van der Waals surface area contributed by atoms with Gasteiger partial charge in [0.15, 0.2) is 5.60 Å². The summed E-state index contributed by atoms with van der Waals surface area (Å²) >= 11 is 6.41. The van der Waals surface area contributed by atoms with E-state index in [0.29, 0.717) is 6.92 Å². The second kappa shape index (κ2) is 3.15. The Balaban J connectivity index is 3.07. The van der Waals surface area contributed by atoms with Gasteiger partial charge in [-0.3, -0.25) is 0 Å². The van der Waals surface area contributed by atoms with E-state index >= 15 is 0 Å². The molecule has 0 radical (unpaired) electrons. The Labute approximate surface area is 81.8 Å². The number of hydrogen-bond acceptors (Lipinski definition) is 2. The monoisotopic (exact) mass is 230 g/mol. The van der Waals surface area contributed by atoms with Crippen molar-refractivity contribution in [3.8, 4) is 0 Å². The molecule has 1 nitrogen and oxygen atoms in total. The molecule has 74 valence electrons. The van der Waals surface area contributed by atoms with Crippen LogP contribution in [0.3, 0.4) is 0 Å². The van der Waals surface area contributed by atoms with E-state index in [1.54, 1.807) is 0 Å². The molecule has 0 bridgehead atoms. The molecule has 1 N–H and O–H groups in total. The smallest absolute Gasteiger partial charge is 0.376 e. The van der Waals surface area contributed by atoms with Crippen LogP contribution in [-0.4, -0.2) is 11.3 Å². The largest absolute Gasteiger partial charge is 0.421 e. The first kappa shape index (κ1) is 10.8. The predicted octanol–water partition coefficient (Wildman–Crippen LogP) is 3.17. The van der Waals surface area contributed by atoms with Gasteiger partial charge in [-0.2, -0.15) is 13.2 Å². The maximum absolute atomic E-state index is 12.2. The van der Waals surface area contributed by atoms with Crippen molar-refractivity contribution < 1.29 is 18.3 Å². The summed E-state index contributed by atoms with van der Waals surface area (Å²) in [6.07, 6.45) is -4.68. The Bertz CT molecular complexity index is 305. The van der Waals surface area contributed by atoms with E-state index in [2.05, 4.69) is 0 Å². The maximum Gasteiger partial charge on any atom is 0.421 e. The third kappa shape index (κ3) is 1.98. The molecule has 0 fully saturated rings. The van der Waals surface area contributed by atoms with Crippen LogP contribution in [0.25, 0.3) is 0 Å². The fourth-order valence-electron chi connectivity index (χ4n) is 0.729. The Morgan fingerprint density at radius 2 is 2.00 bits per heavy atom. The lowest BCUT2D eigenvalue weighted by Crippen LogP contribution is -2.38. The Hall–Kier alpha value is -0.260. The first-order valence-corrected chi connectivity index (χ1v) is 4.54. The molecule has 0 aliphatic carbocycles. The van der Waals surface area contributed by atoms with Gasteiger partial charge in [-0.1, -0.05) is 11.6 Å². The van der Waals surface area contributed by atoms with Crippen LogP contribution in [0.4, 0.5) is 13.2 Å². The second-order valence-electron chi connectivity index (χ2n) is 2.71. The molecule has 0 spiro atoms. The van der Waals surface area contributed by atoms with Gasteiger partial charge in [-0.15, -0.1) is 11.3 Å². The average Bonchev–Trinajstić information content (AvgIpc) is 2.33. The Morgan fingerprint density at radius 1 is 1.46 bits per heavy atom. The summed E-state index contributed by atoms with van der Waals surface area (Å²) in [5.74, 6) is 0. The number of hydrogen-bond donors (Lipinski definition) is 1. The molecule has 1 rings (SSSR count). The highest BCUT2D eigenvalue weighted by Gasteiger charge is 2.51. The Kier molecular flexibility index (Phi) is 2.62. The van der Waals surface area contributed by atoms with Crippen LogP contribution in [0.2, 0.25) is 4.34 Å². The van der Waals surface area contributed by atoms with Gasteiger partial charge in [-0.05, 0) is 18.4 Å². The number of aliphatic hydroxyl groups is 1. The molecular formula is C7H6ClF3OS. The quantitative estimate of drug-likeness (QED) is 0.786. The van der Waals surface area contributed by atoms with Gasteiger partial charge >= 0.3 is 6.18 Å². The summed E-state index contributed by atoms with van der Waals surface area (Å²) in [6, 6.07) is 1.11. The van der Waals surface area contributed by atoms with E-state index in [1.807, 2.05) is 0 Å². The van der Waals surface area contributed by atoms with E-state index in [4.69, 9.17) is 16.7 Å². The van der Waals surface area contributed by atoms with Crippen molar-refractivity contribution in [1.29, 1.82) is 0 Å². The summed E-state index contributed by atoms with van der Waals surface area (Å²) in [7, 11) is 0. The van der Waals surface area contributed by atoms with Gasteiger partial charge in [0.25, 0.3) is 0 Å². The van der Waals surface area contributed by atoms with Crippen LogP contribution in [0, 0.1) is 0 Å². The summed E-state index contributed by atoms with van der Waals surface area (Å²) in [5, 5.41) is 10.3. The molecule has 1 aromatic rings. The minimum Gasteiger partial charge on any atom is -0.376 e. The van der Waals surface area contributed by atoms with E-state index in [-0.39, 0.29) is 9.90 Å². The molecule has 13 heavy (non-hydrogen) atoms. The fourth-order valence-corrected chi connectivity index (χ4v) is 1.71. The summed E-state index contributed by atoms with van der Waals surface area (Å²) in [5.41, 5.74) is -3.05. The van der Waals surface area contributed by atoms with Gasteiger partial charge in [0.05, 0.1) is 4.34 Å². The van der Waals surface area contributed by atoms with Crippen molar-refractivity contribution in [2.75, 3.05) is 0 Å². The lowest BCUT2D eigenvalue weighted by atomic mass is 9.99. The highest BCUT2D eigenvalue weighted by atomic mass is 35.5. The molecule has 1 atom stereocenters. The molecule has 0 saturated carbocycles. The lowest BCUT2D eigenvalue weighted by Gasteiger charge is -2.25. The van der Waals surface area contributed by atoms with Crippen LogP contribution in [0.15, 0.2) is 11.4 Å². The van der Waals surface area contributed by atoms with Crippen LogP contribution in [0.5, 0.6) is 0 Å². The summed E-state index contributed by atoms with van der Waals surface area (Å²) in [6.45, 7) is 0.700. The summed E-state index contributed by atoms with van der Waals surface area (Å²) in [4.78, 5) is 0. The van der Waals surface area contributed by atoms with E-state index in [0.717, 1.165) is 17.4 Å². The topological polar surface area (TPSA) is 20.2 Å². The Morgan fingerprint density at radius 3 is 2.31 bits per heavy atom. The minimum atomic E-state index is -4.68.